The van der Waals surface area contributed by atoms with Gasteiger partial charge >= 0.3 is 0 Å². The minimum Gasteiger partial charge on any atom is -0.383 e. The lowest BCUT2D eigenvalue weighted by atomic mass is 9.86. The van der Waals surface area contributed by atoms with E-state index in [1.165, 1.54) is 11.1 Å². The molecule has 1 unspecified atom stereocenters. The molecule has 1 aromatic rings. The van der Waals surface area contributed by atoms with E-state index in [-0.39, 0.29) is 11.5 Å². The second-order valence-electron chi connectivity index (χ2n) is 6.70. The van der Waals surface area contributed by atoms with Gasteiger partial charge in [-0.15, -0.1) is 0 Å². The molecule has 1 aromatic carbocycles. The minimum atomic E-state index is 0.209. The molecule has 0 aromatic heterocycles. The summed E-state index contributed by atoms with van der Waals surface area (Å²) in [6.07, 6.45) is 0.976. The SMILES string of the molecule is CN=C(NCCc1ccc(C(C)(C)C)cc1)NC(C)COC. The minimum absolute atomic E-state index is 0.209. The number of nitrogens with zero attached hydrogens (tertiary/aromatic N) is 1. The summed E-state index contributed by atoms with van der Waals surface area (Å²) >= 11 is 0. The Balaban J connectivity index is 2.43. The van der Waals surface area contributed by atoms with Crippen LogP contribution in [0.3, 0.4) is 0 Å². The number of nitrogens with one attached hydrogen (secondary N) is 2. The lowest BCUT2D eigenvalue weighted by Gasteiger charge is -2.19. The normalized spacial score (nSPS) is 13.8. The summed E-state index contributed by atoms with van der Waals surface area (Å²) in [6, 6.07) is 9.12. The smallest absolute Gasteiger partial charge is 0.191 e. The maximum atomic E-state index is 5.12. The van der Waals surface area contributed by atoms with Crippen molar-refractivity contribution in [3.8, 4) is 0 Å². The molecule has 0 bridgehead atoms. The van der Waals surface area contributed by atoms with Gasteiger partial charge < -0.3 is 15.4 Å². The molecular formula is C18H31N3O. The fourth-order valence-electron chi connectivity index (χ4n) is 2.22. The van der Waals surface area contributed by atoms with Crippen molar-refractivity contribution in [3.63, 3.8) is 0 Å². The zero-order chi connectivity index (χ0) is 16.6. The van der Waals surface area contributed by atoms with Gasteiger partial charge in [-0.3, -0.25) is 4.99 Å². The van der Waals surface area contributed by atoms with Crippen LogP contribution < -0.4 is 10.6 Å². The molecule has 0 spiro atoms. The van der Waals surface area contributed by atoms with E-state index < -0.39 is 0 Å². The predicted octanol–water partition coefficient (Wildman–Crippen LogP) is 2.73. The molecule has 0 saturated heterocycles. The first kappa shape index (κ1) is 18.5. The van der Waals surface area contributed by atoms with Crippen LogP contribution >= 0.6 is 0 Å². The quantitative estimate of drug-likeness (QED) is 0.627. The first-order valence-corrected chi connectivity index (χ1v) is 7.92. The van der Waals surface area contributed by atoms with Crippen LogP contribution in [0.25, 0.3) is 0 Å². The van der Waals surface area contributed by atoms with Gasteiger partial charge in [-0.2, -0.15) is 0 Å². The van der Waals surface area contributed by atoms with Gasteiger partial charge in [0.15, 0.2) is 5.96 Å². The summed E-state index contributed by atoms with van der Waals surface area (Å²) in [5, 5.41) is 6.63. The highest BCUT2D eigenvalue weighted by Gasteiger charge is 2.12. The molecule has 0 heterocycles. The Bertz CT molecular complexity index is 460. The molecule has 0 aliphatic carbocycles. The van der Waals surface area contributed by atoms with E-state index >= 15 is 0 Å². The standard InChI is InChI=1S/C18H31N3O/c1-14(13-22-6)21-17(19-5)20-12-11-15-7-9-16(10-8-15)18(2,3)4/h7-10,14H,11-13H2,1-6H3,(H2,19,20,21). The number of aliphatic imine (C=N–C) groups is 1. The van der Waals surface area contributed by atoms with Crippen molar-refractivity contribution in [2.45, 2.75) is 45.6 Å². The fourth-order valence-corrected chi connectivity index (χ4v) is 2.22. The molecule has 22 heavy (non-hydrogen) atoms. The molecule has 0 saturated carbocycles. The lowest BCUT2D eigenvalue weighted by Crippen LogP contribution is -2.44. The summed E-state index contributed by atoms with van der Waals surface area (Å²) in [7, 11) is 3.49. The molecule has 2 N–H and O–H groups in total. The average Bonchev–Trinajstić information content (AvgIpc) is 2.46. The number of benzene rings is 1. The number of methoxy groups -OCH3 is 1. The van der Waals surface area contributed by atoms with Crippen LogP contribution in [0.5, 0.6) is 0 Å². The van der Waals surface area contributed by atoms with E-state index in [1.54, 1.807) is 14.2 Å². The number of ether oxygens (including phenoxy) is 1. The second kappa shape index (κ2) is 8.79. The molecule has 0 aliphatic heterocycles. The van der Waals surface area contributed by atoms with E-state index in [2.05, 4.69) is 67.6 Å². The predicted molar refractivity (Wildman–Crippen MR) is 94.7 cm³/mol. The van der Waals surface area contributed by atoms with Crippen molar-refractivity contribution < 1.29 is 4.74 Å². The lowest BCUT2D eigenvalue weighted by molar-refractivity contribution is 0.179. The van der Waals surface area contributed by atoms with E-state index in [0.717, 1.165) is 18.9 Å². The Morgan fingerprint density at radius 1 is 1.23 bits per heavy atom. The van der Waals surface area contributed by atoms with Gasteiger partial charge in [-0.1, -0.05) is 45.0 Å². The molecule has 124 valence electrons. The van der Waals surface area contributed by atoms with Crippen LogP contribution in [0.1, 0.15) is 38.8 Å². The first-order valence-electron chi connectivity index (χ1n) is 7.92. The zero-order valence-electron chi connectivity index (χ0n) is 14.9. The van der Waals surface area contributed by atoms with E-state index in [1.807, 2.05) is 0 Å². The first-order chi connectivity index (χ1) is 10.4. The maximum absolute atomic E-state index is 5.12. The Kier molecular flexibility index (Phi) is 7.39. The molecule has 0 amide bonds. The Labute approximate surface area is 135 Å². The van der Waals surface area contributed by atoms with Gasteiger partial charge in [0.25, 0.3) is 0 Å². The summed E-state index contributed by atoms with van der Waals surface area (Å²) in [5.41, 5.74) is 2.91. The third kappa shape index (κ3) is 6.48. The van der Waals surface area contributed by atoms with E-state index in [0.29, 0.717) is 6.61 Å². The molecule has 0 aliphatic rings. The average molecular weight is 305 g/mol. The van der Waals surface area contributed by atoms with Gasteiger partial charge in [-0.25, -0.2) is 0 Å². The Morgan fingerprint density at radius 3 is 2.36 bits per heavy atom. The molecule has 0 radical (unpaired) electrons. The largest absolute Gasteiger partial charge is 0.383 e. The van der Waals surface area contributed by atoms with Crippen molar-refractivity contribution >= 4 is 5.96 Å². The van der Waals surface area contributed by atoms with Crippen molar-refractivity contribution in [1.29, 1.82) is 0 Å². The van der Waals surface area contributed by atoms with Gasteiger partial charge in [0.2, 0.25) is 0 Å². The maximum Gasteiger partial charge on any atom is 0.191 e. The third-order valence-electron chi connectivity index (χ3n) is 3.55. The molecule has 0 fully saturated rings. The topological polar surface area (TPSA) is 45.7 Å². The highest BCUT2D eigenvalue weighted by molar-refractivity contribution is 5.79. The van der Waals surface area contributed by atoms with Gasteiger partial charge in [-0.05, 0) is 29.9 Å². The molecule has 4 heteroatoms. The second-order valence-corrected chi connectivity index (χ2v) is 6.70. The van der Waals surface area contributed by atoms with Crippen molar-refractivity contribution in [1.82, 2.24) is 10.6 Å². The molecule has 1 rings (SSSR count). The summed E-state index contributed by atoms with van der Waals surface area (Å²) in [4.78, 5) is 4.23. The Morgan fingerprint density at radius 2 is 1.86 bits per heavy atom. The van der Waals surface area contributed by atoms with Gasteiger partial charge in [0.1, 0.15) is 0 Å². The van der Waals surface area contributed by atoms with Crippen LogP contribution in [-0.2, 0) is 16.6 Å². The number of hydrogen-bond acceptors (Lipinski definition) is 2. The summed E-state index contributed by atoms with van der Waals surface area (Å²) in [5.74, 6) is 0.816. The van der Waals surface area contributed by atoms with Crippen molar-refractivity contribution in [2.75, 3.05) is 27.3 Å². The van der Waals surface area contributed by atoms with Crippen molar-refractivity contribution in [2.24, 2.45) is 4.99 Å². The monoisotopic (exact) mass is 305 g/mol. The third-order valence-corrected chi connectivity index (χ3v) is 3.55. The van der Waals surface area contributed by atoms with Crippen LogP contribution in [0.4, 0.5) is 0 Å². The number of guanidine groups is 1. The van der Waals surface area contributed by atoms with Crippen LogP contribution in [0.15, 0.2) is 29.3 Å². The van der Waals surface area contributed by atoms with Crippen LogP contribution in [0.2, 0.25) is 0 Å². The highest BCUT2D eigenvalue weighted by Crippen LogP contribution is 2.22. The zero-order valence-corrected chi connectivity index (χ0v) is 14.9. The number of rotatable bonds is 6. The summed E-state index contributed by atoms with van der Waals surface area (Å²) in [6.45, 7) is 10.3. The van der Waals surface area contributed by atoms with Crippen molar-refractivity contribution in [3.05, 3.63) is 35.4 Å². The fraction of sp³-hybridized carbons (Fsp3) is 0.611. The van der Waals surface area contributed by atoms with Crippen LogP contribution in [-0.4, -0.2) is 39.3 Å². The van der Waals surface area contributed by atoms with E-state index in [9.17, 15) is 0 Å². The number of hydrogen-bond donors (Lipinski definition) is 2. The van der Waals surface area contributed by atoms with Gasteiger partial charge in [0, 0.05) is 26.7 Å². The highest BCUT2D eigenvalue weighted by atomic mass is 16.5. The van der Waals surface area contributed by atoms with Crippen LogP contribution in [0, 0.1) is 0 Å². The summed E-state index contributed by atoms with van der Waals surface area (Å²) < 4.78 is 5.12. The molecular weight excluding hydrogens is 274 g/mol. The van der Waals surface area contributed by atoms with E-state index in [4.69, 9.17) is 4.74 Å². The van der Waals surface area contributed by atoms with Gasteiger partial charge in [0.05, 0.1) is 6.61 Å². The Hall–Kier alpha value is -1.55. The molecule has 4 nitrogen and oxygen atoms in total. The molecule has 1 atom stereocenters.